The number of nitrogens with one attached hydrogen (secondary N) is 1. The molecule has 3 nitrogen and oxygen atoms in total. The molecule has 0 saturated carbocycles. The van der Waals surface area contributed by atoms with Crippen LogP contribution in [0.5, 0.6) is 5.75 Å². The molecular weight excluding hydrogens is 224 g/mol. The first kappa shape index (κ1) is 12.0. The molecule has 1 N–H and O–H groups in total. The van der Waals surface area contributed by atoms with Crippen LogP contribution in [0.3, 0.4) is 0 Å². The van der Waals surface area contributed by atoms with Crippen molar-refractivity contribution >= 4 is 0 Å². The van der Waals surface area contributed by atoms with E-state index >= 15 is 0 Å². The van der Waals surface area contributed by atoms with Crippen molar-refractivity contribution < 1.29 is 4.74 Å². The van der Waals surface area contributed by atoms with Gasteiger partial charge in [-0.25, -0.2) is 0 Å². The van der Waals surface area contributed by atoms with Crippen molar-refractivity contribution in [2.24, 2.45) is 11.8 Å². The molecule has 0 aliphatic carbocycles. The first-order valence-corrected chi connectivity index (χ1v) is 7.00. The topological polar surface area (TPSA) is 24.5 Å². The van der Waals surface area contributed by atoms with Gasteiger partial charge in [-0.2, -0.15) is 0 Å². The monoisotopic (exact) mass is 246 g/mol. The number of hydrogen-bond donors (Lipinski definition) is 1. The lowest BCUT2D eigenvalue weighted by molar-refractivity contribution is 0.303. The maximum absolute atomic E-state index is 5.56. The number of ether oxygens (including phenoxy) is 1. The number of rotatable bonds is 4. The van der Waals surface area contributed by atoms with Crippen molar-refractivity contribution in [1.82, 2.24) is 10.2 Å². The van der Waals surface area contributed by atoms with E-state index in [9.17, 15) is 0 Å². The summed E-state index contributed by atoms with van der Waals surface area (Å²) < 4.78 is 5.56. The Morgan fingerprint density at radius 3 is 2.78 bits per heavy atom. The average Bonchev–Trinajstić information content (AvgIpc) is 2.90. The predicted octanol–water partition coefficient (Wildman–Crippen LogP) is 1.74. The molecule has 0 radical (unpaired) electrons. The van der Waals surface area contributed by atoms with Crippen LogP contribution in [0.1, 0.15) is 12.5 Å². The second kappa shape index (κ2) is 5.29. The third-order valence-electron chi connectivity index (χ3n) is 4.08. The van der Waals surface area contributed by atoms with Crippen LogP contribution in [-0.2, 0) is 6.54 Å². The third kappa shape index (κ3) is 2.52. The first-order chi connectivity index (χ1) is 8.85. The minimum atomic E-state index is 0.739. The normalized spacial score (nSPS) is 27.4. The lowest BCUT2D eigenvalue weighted by Gasteiger charge is -2.17. The van der Waals surface area contributed by atoms with E-state index < -0.39 is 0 Å². The molecule has 0 aromatic heterocycles. The van der Waals surface area contributed by atoms with Gasteiger partial charge < -0.3 is 10.1 Å². The van der Waals surface area contributed by atoms with E-state index in [1.54, 1.807) is 0 Å². The second-order valence-corrected chi connectivity index (χ2v) is 5.45. The largest absolute Gasteiger partial charge is 0.494 e. The van der Waals surface area contributed by atoms with Gasteiger partial charge in [0.2, 0.25) is 0 Å². The summed E-state index contributed by atoms with van der Waals surface area (Å²) >= 11 is 0. The van der Waals surface area contributed by atoms with Crippen LogP contribution in [-0.4, -0.2) is 37.7 Å². The van der Waals surface area contributed by atoms with Gasteiger partial charge in [-0.15, -0.1) is 0 Å². The Labute approximate surface area is 109 Å². The van der Waals surface area contributed by atoms with Gasteiger partial charge in [0.1, 0.15) is 5.75 Å². The summed E-state index contributed by atoms with van der Waals surface area (Å²) in [6.07, 6.45) is 0. The standard InChI is InChI=1S/C15H22N2O/c1-2-18-15-5-3-4-12(6-15)9-17-10-13-7-16-8-14(13)11-17/h3-6,13-14,16H,2,7-11H2,1H3. The number of hydrogen-bond acceptors (Lipinski definition) is 3. The maximum atomic E-state index is 5.56. The lowest BCUT2D eigenvalue weighted by atomic mass is 10.0. The third-order valence-corrected chi connectivity index (χ3v) is 4.08. The number of fused-ring (bicyclic) bond motifs is 1. The van der Waals surface area contributed by atoms with Crippen molar-refractivity contribution in [3.05, 3.63) is 29.8 Å². The second-order valence-electron chi connectivity index (χ2n) is 5.45. The molecule has 2 fully saturated rings. The van der Waals surface area contributed by atoms with Gasteiger partial charge in [-0.1, -0.05) is 12.1 Å². The Morgan fingerprint density at radius 2 is 2.06 bits per heavy atom. The Kier molecular flexibility index (Phi) is 3.52. The van der Waals surface area contributed by atoms with Crippen molar-refractivity contribution in [1.29, 1.82) is 0 Å². The lowest BCUT2D eigenvalue weighted by Crippen LogP contribution is -2.25. The molecule has 18 heavy (non-hydrogen) atoms. The molecule has 0 amide bonds. The zero-order valence-electron chi connectivity index (χ0n) is 11.1. The smallest absolute Gasteiger partial charge is 0.119 e. The predicted molar refractivity (Wildman–Crippen MR) is 72.7 cm³/mol. The SMILES string of the molecule is CCOc1cccc(CN2CC3CNCC3C2)c1. The summed E-state index contributed by atoms with van der Waals surface area (Å²) in [6.45, 7) is 8.74. The van der Waals surface area contributed by atoms with E-state index in [1.165, 1.54) is 31.7 Å². The highest BCUT2D eigenvalue weighted by molar-refractivity contribution is 5.28. The molecule has 2 saturated heterocycles. The van der Waals surface area contributed by atoms with E-state index in [-0.39, 0.29) is 0 Å². The molecule has 2 heterocycles. The molecule has 3 rings (SSSR count). The van der Waals surface area contributed by atoms with E-state index in [1.807, 2.05) is 13.0 Å². The van der Waals surface area contributed by atoms with Crippen molar-refractivity contribution in [3.63, 3.8) is 0 Å². The molecule has 2 atom stereocenters. The molecule has 0 spiro atoms. The fourth-order valence-electron chi connectivity index (χ4n) is 3.24. The Hall–Kier alpha value is -1.06. The van der Waals surface area contributed by atoms with Crippen LogP contribution in [0.25, 0.3) is 0 Å². The molecule has 2 aliphatic heterocycles. The number of likely N-dealkylation sites (tertiary alicyclic amines) is 1. The van der Waals surface area contributed by atoms with E-state index in [0.717, 1.165) is 30.7 Å². The number of benzene rings is 1. The molecule has 2 unspecified atom stereocenters. The Bertz CT molecular complexity index is 395. The van der Waals surface area contributed by atoms with Gasteiger partial charge in [-0.3, -0.25) is 4.90 Å². The highest BCUT2D eigenvalue weighted by Crippen LogP contribution is 2.27. The van der Waals surface area contributed by atoms with Gasteiger partial charge >= 0.3 is 0 Å². The number of nitrogens with zero attached hydrogens (tertiary/aromatic N) is 1. The quantitative estimate of drug-likeness (QED) is 0.876. The maximum Gasteiger partial charge on any atom is 0.119 e. The van der Waals surface area contributed by atoms with E-state index in [4.69, 9.17) is 4.74 Å². The van der Waals surface area contributed by atoms with Crippen LogP contribution in [0.4, 0.5) is 0 Å². The van der Waals surface area contributed by atoms with E-state index in [2.05, 4.69) is 28.4 Å². The zero-order chi connectivity index (χ0) is 12.4. The molecule has 1 aromatic rings. The van der Waals surface area contributed by atoms with Gasteiger partial charge in [-0.05, 0) is 49.5 Å². The average molecular weight is 246 g/mol. The molecule has 2 aliphatic rings. The van der Waals surface area contributed by atoms with Gasteiger partial charge in [0, 0.05) is 19.6 Å². The Morgan fingerprint density at radius 1 is 1.28 bits per heavy atom. The fraction of sp³-hybridized carbons (Fsp3) is 0.600. The highest BCUT2D eigenvalue weighted by Gasteiger charge is 2.35. The van der Waals surface area contributed by atoms with Crippen molar-refractivity contribution in [2.45, 2.75) is 13.5 Å². The summed E-state index contributed by atoms with van der Waals surface area (Å²) in [6, 6.07) is 8.51. The zero-order valence-corrected chi connectivity index (χ0v) is 11.1. The van der Waals surface area contributed by atoms with Gasteiger partial charge in [0.25, 0.3) is 0 Å². The molecular formula is C15H22N2O. The summed E-state index contributed by atoms with van der Waals surface area (Å²) in [7, 11) is 0. The van der Waals surface area contributed by atoms with Crippen LogP contribution in [0.15, 0.2) is 24.3 Å². The molecule has 3 heteroatoms. The van der Waals surface area contributed by atoms with Crippen LogP contribution in [0.2, 0.25) is 0 Å². The van der Waals surface area contributed by atoms with Gasteiger partial charge in [0.15, 0.2) is 0 Å². The minimum absolute atomic E-state index is 0.739. The summed E-state index contributed by atoms with van der Waals surface area (Å²) in [5, 5.41) is 3.49. The van der Waals surface area contributed by atoms with E-state index in [0.29, 0.717) is 0 Å². The van der Waals surface area contributed by atoms with Crippen LogP contribution in [0, 0.1) is 11.8 Å². The summed E-state index contributed by atoms with van der Waals surface area (Å²) in [5.41, 5.74) is 1.37. The van der Waals surface area contributed by atoms with Crippen molar-refractivity contribution in [3.8, 4) is 5.75 Å². The van der Waals surface area contributed by atoms with Crippen molar-refractivity contribution in [2.75, 3.05) is 32.8 Å². The summed E-state index contributed by atoms with van der Waals surface area (Å²) in [4.78, 5) is 2.58. The first-order valence-electron chi connectivity index (χ1n) is 7.00. The minimum Gasteiger partial charge on any atom is -0.494 e. The molecule has 1 aromatic carbocycles. The fourth-order valence-corrected chi connectivity index (χ4v) is 3.24. The van der Waals surface area contributed by atoms with Crippen LogP contribution >= 0.6 is 0 Å². The molecule has 98 valence electrons. The van der Waals surface area contributed by atoms with Crippen LogP contribution < -0.4 is 10.1 Å². The highest BCUT2D eigenvalue weighted by atomic mass is 16.5. The summed E-state index contributed by atoms with van der Waals surface area (Å²) in [5.74, 6) is 2.75. The Balaban J connectivity index is 1.61. The van der Waals surface area contributed by atoms with Gasteiger partial charge in [0.05, 0.1) is 6.61 Å². The molecule has 0 bridgehead atoms.